The number of ether oxygens (including phenoxy) is 3. The molecule has 1 aliphatic rings. The van der Waals surface area contributed by atoms with E-state index in [2.05, 4.69) is 5.32 Å². The molecule has 1 aromatic carbocycles. The molecule has 0 spiro atoms. The van der Waals surface area contributed by atoms with Gasteiger partial charge in [0.25, 0.3) is 5.91 Å². The van der Waals surface area contributed by atoms with Gasteiger partial charge < -0.3 is 23.9 Å². The molecule has 0 fully saturated rings. The number of anilines is 1. The molecule has 132 valence electrons. The van der Waals surface area contributed by atoms with E-state index in [1.165, 1.54) is 6.92 Å². The van der Waals surface area contributed by atoms with Gasteiger partial charge in [-0.25, -0.2) is 4.79 Å². The summed E-state index contributed by atoms with van der Waals surface area (Å²) >= 11 is 0. The van der Waals surface area contributed by atoms with Crippen LogP contribution in [0.15, 0.2) is 22.6 Å². The highest BCUT2D eigenvalue weighted by Gasteiger charge is 2.25. The number of hydrogen-bond acceptors (Lipinski definition) is 6. The Kier molecular flexibility index (Phi) is 4.39. The monoisotopic (exact) mass is 345 g/mol. The van der Waals surface area contributed by atoms with Crippen molar-refractivity contribution in [2.75, 3.05) is 12.1 Å². The van der Waals surface area contributed by atoms with E-state index in [1.54, 1.807) is 39.0 Å². The van der Waals surface area contributed by atoms with Gasteiger partial charge in [-0.05, 0) is 39.8 Å². The van der Waals surface area contributed by atoms with Crippen molar-refractivity contribution in [1.82, 2.24) is 0 Å². The summed E-state index contributed by atoms with van der Waals surface area (Å²) in [5.41, 5.74) is 1.61. The van der Waals surface area contributed by atoms with Gasteiger partial charge in [0, 0.05) is 17.3 Å². The highest BCUT2D eigenvalue weighted by molar-refractivity contribution is 5.98. The number of rotatable bonds is 4. The fraction of sp³-hybridized carbons (Fsp3) is 0.333. The van der Waals surface area contributed by atoms with Crippen molar-refractivity contribution in [2.45, 2.75) is 33.8 Å². The number of benzene rings is 1. The third-order valence-electron chi connectivity index (χ3n) is 4.06. The zero-order valence-corrected chi connectivity index (χ0v) is 14.5. The Morgan fingerprint density at radius 2 is 1.84 bits per heavy atom. The summed E-state index contributed by atoms with van der Waals surface area (Å²) < 4.78 is 21.2. The molecule has 1 amide bonds. The maximum absolute atomic E-state index is 12.3. The van der Waals surface area contributed by atoms with Crippen molar-refractivity contribution in [1.29, 1.82) is 0 Å². The fourth-order valence-electron chi connectivity index (χ4n) is 2.59. The summed E-state index contributed by atoms with van der Waals surface area (Å²) in [6.07, 6.45) is -0.966. The predicted octanol–water partition coefficient (Wildman–Crippen LogP) is 3.12. The molecule has 2 heterocycles. The summed E-state index contributed by atoms with van der Waals surface area (Å²) in [7, 11) is 0. The highest BCUT2D eigenvalue weighted by atomic mass is 16.7. The Morgan fingerprint density at radius 1 is 1.12 bits per heavy atom. The van der Waals surface area contributed by atoms with Gasteiger partial charge >= 0.3 is 5.97 Å². The van der Waals surface area contributed by atoms with Crippen molar-refractivity contribution in [2.24, 2.45) is 0 Å². The van der Waals surface area contributed by atoms with Crippen LogP contribution in [0.3, 0.4) is 0 Å². The van der Waals surface area contributed by atoms with E-state index < -0.39 is 18.0 Å². The molecule has 3 rings (SSSR count). The van der Waals surface area contributed by atoms with E-state index in [4.69, 9.17) is 18.6 Å². The molecular weight excluding hydrogens is 326 g/mol. The van der Waals surface area contributed by atoms with Crippen molar-refractivity contribution in [3.63, 3.8) is 0 Å². The first-order chi connectivity index (χ1) is 11.9. The van der Waals surface area contributed by atoms with Crippen LogP contribution in [0.1, 0.15) is 34.4 Å². The number of nitrogens with one attached hydrogen (secondary N) is 1. The minimum absolute atomic E-state index is 0.156. The average molecular weight is 345 g/mol. The number of furan rings is 1. The maximum atomic E-state index is 12.3. The second-order valence-corrected chi connectivity index (χ2v) is 5.82. The lowest BCUT2D eigenvalue weighted by Crippen LogP contribution is -2.30. The number of fused-ring (bicyclic) bond motifs is 1. The molecule has 25 heavy (non-hydrogen) atoms. The average Bonchev–Trinajstić information content (AvgIpc) is 3.11. The number of esters is 1. The summed E-state index contributed by atoms with van der Waals surface area (Å²) in [6.45, 7) is 6.91. The van der Waals surface area contributed by atoms with Crippen molar-refractivity contribution in [3.05, 3.63) is 40.8 Å². The number of carbonyl (C=O) groups excluding carboxylic acids is 2. The van der Waals surface area contributed by atoms with E-state index in [0.717, 1.165) is 0 Å². The molecule has 0 saturated carbocycles. The van der Waals surface area contributed by atoms with Gasteiger partial charge in [0.2, 0.25) is 6.79 Å². The Labute approximate surface area is 144 Å². The lowest BCUT2D eigenvalue weighted by Gasteiger charge is -2.14. The van der Waals surface area contributed by atoms with Crippen LogP contribution in [-0.4, -0.2) is 24.8 Å². The van der Waals surface area contributed by atoms with Crippen LogP contribution >= 0.6 is 0 Å². The Bertz CT molecular complexity index is 838. The summed E-state index contributed by atoms with van der Waals surface area (Å²) in [5, 5.41) is 2.69. The van der Waals surface area contributed by atoms with Gasteiger partial charge in [0.05, 0.1) is 0 Å². The van der Waals surface area contributed by atoms with Crippen molar-refractivity contribution >= 4 is 17.6 Å². The molecular formula is C18H19NO6. The van der Waals surface area contributed by atoms with Gasteiger partial charge in [0.1, 0.15) is 17.1 Å². The summed E-state index contributed by atoms with van der Waals surface area (Å²) in [6, 6.07) is 5.05. The van der Waals surface area contributed by atoms with Gasteiger partial charge in [-0.3, -0.25) is 4.79 Å². The molecule has 0 aliphatic carbocycles. The largest absolute Gasteiger partial charge is 0.465 e. The minimum Gasteiger partial charge on any atom is -0.465 e. The highest BCUT2D eigenvalue weighted by Crippen LogP contribution is 2.34. The quantitative estimate of drug-likeness (QED) is 0.857. The summed E-state index contributed by atoms with van der Waals surface area (Å²) in [5.74, 6) is 1.29. The molecule has 7 nitrogen and oxygen atoms in total. The third-order valence-corrected chi connectivity index (χ3v) is 4.06. The first-order valence-corrected chi connectivity index (χ1v) is 7.85. The van der Waals surface area contributed by atoms with Crippen molar-refractivity contribution < 1.29 is 28.2 Å². The normalized spacial score (nSPS) is 13.4. The SMILES string of the molecule is Cc1oc(C)c(C(=O)O[C@H](C)C(=O)Nc2ccc3c(c2)OCO3)c1C. The standard InChI is InChI=1S/C18H19NO6/c1-9-10(2)24-11(3)16(9)18(21)25-12(4)17(20)19-13-5-6-14-15(7-13)23-8-22-14/h5-7,12H,8H2,1-4H3,(H,19,20)/t12-/m1/s1. The fourth-order valence-corrected chi connectivity index (χ4v) is 2.59. The molecule has 1 atom stereocenters. The van der Waals surface area contributed by atoms with Crippen LogP contribution in [0.25, 0.3) is 0 Å². The molecule has 0 radical (unpaired) electrons. The Morgan fingerprint density at radius 3 is 2.52 bits per heavy atom. The second-order valence-electron chi connectivity index (χ2n) is 5.82. The number of aryl methyl sites for hydroxylation is 2. The Hall–Kier alpha value is -2.96. The number of hydrogen-bond donors (Lipinski definition) is 1. The van der Waals surface area contributed by atoms with Crippen molar-refractivity contribution in [3.8, 4) is 11.5 Å². The van der Waals surface area contributed by atoms with E-state index in [9.17, 15) is 9.59 Å². The molecule has 7 heteroatoms. The number of carbonyl (C=O) groups is 2. The maximum Gasteiger partial charge on any atom is 0.342 e. The van der Waals surface area contributed by atoms with Crippen LogP contribution in [-0.2, 0) is 9.53 Å². The van der Waals surface area contributed by atoms with Crippen LogP contribution in [0, 0.1) is 20.8 Å². The van der Waals surface area contributed by atoms with Crippen LogP contribution < -0.4 is 14.8 Å². The zero-order valence-electron chi connectivity index (χ0n) is 14.5. The van der Waals surface area contributed by atoms with E-state index in [1.807, 2.05) is 0 Å². The predicted molar refractivity (Wildman–Crippen MR) is 89.0 cm³/mol. The second kappa shape index (κ2) is 6.51. The Balaban J connectivity index is 1.65. The lowest BCUT2D eigenvalue weighted by atomic mass is 10.1. The molecule has 1 aliphatic heterocycles. The van der Waals surface area contributed by atoms with Gasteiger partial charge in [0.15, 0.2) is 17.6 Å². The molecule has 1 N–H and O–H groups in total. The summed E-state index contributed by atoms with van der Waals surface area (Å²) in [4.78, 5) is 24.6. The number of amides is 1. The third kappa shape index (κ3) is 3.31. The molecule has 1 aromatic heterocycles. The van der Waals surface area contributed by atoms with Gasteiger partial charge in [-0.2, -0.15) is 0 Å². The molecule has 0 unspecified atom stereocenters. The van der Waals surface area contributed by atoms with Crippen LogP contribution in [0.5, 0.6) is 11.5 Å². The first-order valence-electron chi connectivity index (χ1n) is 7.85. The van der Waals surface area contributed by atoms with Gasteiger partial charge in [-0.15, -0.1) is 0 Å². The molecule has 0 saturated heterocycles. The topological polar surface area (TPSA) is 87.0 Å². The minimum atomic E-state index is -0.966. The first kappa shape index (κ1) is 16.9. The van der Waals surface area contributed by atoms with E-state index >= 15 is 0 Å². The van der Waals surface area contributed by atoms with Crippen LogP contribution in [0.2, 0.25) is 0 Å². The van der Waals surface area contributed by atoms with E-state index in [-0.39, 0.29) is 6.79 Å². The van der Waals surface area contributed by atoms with Crippen LogP contribution in [0.4, 0.5) is 5.69 Å². The molecule has 2 aromatic rings. The van der Waals surface area contributed by atoms with Gasteiger partial charge in [-0.1, -0.05) is 0 Å². The van der Waals surface area contributed by atoms with E-state index in [0.29, 0.717) is 39.8 Å². The smallest absolute Gasteiger partial charge is 0.342 e. The molecule has 0 bridgehead atoms. The zero-order chi connectivity index (χ0) is 18.1. The lowest BCUT2D eigenvalue weighted by molar-refractivity contribution is -0.123.